The van der Waals surface area contributed by atoms with Crippen LogP contribution >= 0.6 is 0 Å². The number of carboxylic acid groups (broad SMARTS) is 1. The molecule has 3 nitrogen and oxygen atoms in total. The van der Waals surface area contributed by atoms with Gasteiger partial charge in [0.2, 0.25) is 0 Å². The summed E-state index contributed by atoms with van der Waals surface area (Å²) in [4.78, 5) is 13.5. The van der Waals surface area contributed by atoms with Gasteiger partial charge in [-0.3, -0.25) is 4.98 Å². The Balaban J connectivity index is 0.00000127. The molecular weight excluding hydrogens is 487 g/mol. The number of nitrogens with zero attached hydrogens (tertiary/aromatic N) is 1. The van der Waals surface area contributed by atoms with Crippen molar-refractivity contribution >= 4 is 5.97 Å². The van der Waals surface area contributed by atoms with E-state index in [0.29, 0.717) is 0 Å². The van der Waals surface area contributed by atoms with Gasteiger partial charge in [-0.05, 0) is 12.1 Å². The van der Waals surface area contributed by atoms with Gasteiger partial charge in [0.05, 0.1) is 0 Å². The van der Waals surface area contributed by atoms with E-state index in [1.54, 1.807) is 12.4 Å². The molecule has 1 heterocycles. The van der Waals surface area contributed by atoms with Crippen molar-refractivity contribution < 1.29 is 75.8 Å². The molecule has 0 amide bonds. The summed E-state index contributed by atoms with van der Waals surface area (Å²) in [6, 6.07) is 5.72. The number of aliphatic carboxylic acids is 1. The molecule has 0 aliphatic carbocycles. The first-order chi connectivity index (χ1) is 13.4. The van der Waals surface area contributed by atoms with Gasteiger partial charge in [-0.15, -0.1) is 0 Å². The maximum Gasteiger partial charge on any atom is 0.460 e. The zero-order valence-electron chi connectivity index (χ0n) is 13.9. The Morgan fingerprint density at radius 3 is 1.10 bits per heavy atom. The fourth-order valence-electron chi connectivity index (χ4n) is 1.41. The summed E-state index contributed by atoms with van der Waals surface area (Å²) < 4.78 is 187. The van der Waals surface area contributed by atoms with Crippen LogP contribution in [0.15, 0.2) is 30.6 Å². The van der Waals surface area contributed by atoms with Crippen molar-refractivity contribution in [3.63, 3.8) is 0 Å². The number of alkyl halides is 15. The van der Waals surface area contributed by atoms with Crippen LogP contribution in [0.1, 0.15) is 0 Å². The number of rotatable bonds is 6. The van der Waals surface area contributed by atoms with E-state index in [9.17, 15) is 70.7 Å². The Hall–Kier alpha value is -2.43. The zero-order valence-corrected chi connectivity index (χ0v) is 13.9. The van der Waals surface area contributed by atoms with Gasteiger partial charge in [0.25, 0.3) is 0 Å². The lowest BCUT2D eigenvalue weighted by molar-refractivity contribution is -0.450. The Morgan fingerprint density at radius 2 is 0.871 bits per heavy atom. The molecule has 0 fully saturated rings. The Bertz CT molecular complexity index is 718. The van der Waals surface area contributed by atoms with Gasteiger partial charge in [0.15, 0.2) is 0 Å². The zero-order chi connectivity index (χ0) is 25.3. The predicted molar refractivity (Wildman–Crippen MR) is 67.6 cm³/mol. The standard InChI is InChI=1S/C8HF15O2.C5H5N/c9-2(10,1(24)25)3(11,12)4(13,14)5(15,16)6(17,18)7(19,20)8(21,22)23;1-2-4-6-5-3-1/h(H,24,25);1-5H. The summed E-state index contributed by atoms with van der Waals surface area (Å²) in [5.41, 5.74) is 0. The number of hydrogen-bond acceptors (Lipinski definition) is 2. The predicted octanol–water partition coefficient (Wildman–Crippen LogP) is 5.53. The van der Waals surface area contributed by atoms with Crippen LogP contribution in [0.5, 0.6) is 0 Å². The first-order valence-corrected chi connectivity index (χ1v) is 6.86. The highest BCUT2D eigenvalue weighted by molar-refractivity contribution is 5.77. The number of carbonyl (C=O) groups is 1. The first-order valence-electron chi connectivity index (χ1n) is 6.86. The summed E-state index contributed by atoms with van der Waals surface area (Å²) in [6.45, 7) is 0. The molecule has 1 aromatic rings. The van der Waals surface area contributed by atoms with Crippen molar-refractivity contribution in [1.82, 2.24) is 4.98 Å². The summed E-state index contributed by atoms with van der Waals surface area (Å²) >= 11 is 0. The van der Waals surface area contributed by atoms with Crippen LogP contribution in [0.2, 0.25) is 0 Å². The number of halogens is 15. The highest BCUT2D eigenvalue weighted by atomic mass is 19.4. The molecule has 0 aliphatic heterocycles. The fraction of sp³-hybridized carbons (Fsp3) is 0.538. The molecule has 0 saturated heterocycles. The normalized spacial score (nSPS) is 14.5. The summed E-state index contributed by atoms with van der Waals surface area (Å²) in [5.74, 6) is -52.8. The van der Waals surface area contributed by atoms with Gasteiger partial charge < -0.3 is 5.11 Å². The third-order valence-electron chi connectivity index (χ3n) is 3.16. The van der Waals surface area contributed by atoms with Crippen molar-refractivity contribution in [1.29, 1.82) is 0 Å². The van der Waals surface area contributed by atoms with Gasteiger partial charge in [-0.25, -0.2) is 4.79 Å². The van der Waals surface area contributed by atoms with E-state index in [4.69, 9.17) is 5.11 Å². The lowest BCUT2D eigenvalue weighted by Crippen LogP contribution is -2.73. The average Bonchev–Trinajstić information content (AvgIpc) is 2.61. The molecule has 1 rings (SSSR count). The van der Waals surface area contributed by atoms with Crippen LogP contribution in [-0.4, -0.2) is 57.8 Å². The second-order valence-corrected chi connectivity index (χ2v) is 5.27. The van der Waals surface area contributed by atoms with Crippen LogP contribution in [0.4, 0.5) is 65.9 Å². The van der Waals surface area contributed by atoms with E-state index in [-0.39, 0.29) is 0 Å². The molecule has 0 aliphatic rings. The van der Waals surface area contributed by atoms with Gasteiger partial charge in [0.1, 0.15) is 0 Å². The SMILES string of the molecule is O=C(O)C(F)(F)C(F)(F)C(F)(F)C(F)(F)C(F)(F)C(F)(F)C(F)(F)F.c1ccncc1. The summed E-state index contributed by atoms with van der Waals surface area (Å²) in [5, 5.41) is 7.57. The minimum atomic E-state index is -8.47. The smallest absolute Gasteiger partial charge is 0.460 e. The second kappa shape index (κ2) is 8.25. The third kappa shape index (κ3) is 4.46. The topological polar surface area (TPSA) is 50.2 Å². The number of aromatic nitrogens is 1. The molecule has 0 bridgehead atoms. The molecule has 1 N–H and O–H groups in total. The van der Waals surface area contributed by atoms with Gasteiger partial charge >= 0.3 is 47.7 Å². The van der Waals surface area contributed by atoms with Gasteiger partial charge in [0, 0.05) is 12.4 Å². The van der Waals surface area contributed by atoms with E-state index in [1.807, 2.05) is 18.2 Å². The van der Waals surface area contributed by atoms with E-state index in [2.05, 4.69) is 4.98 Å². The van der Waals surface area contributed by atoms with Crippen molar-refractivity contribution in [2.45, 2.75) is 41.7 Å². The third-order valence-corrected chi connectivity index (χ3v) is 3.16. The van der Waals surface area contributed by atoms with Gasteiger partial charge in [-0.2, -0.15) is 65.9 Å². The maximum absolute atomic E-state index is 12.8. The van der Waals surface area contributed by atoms with Crippen LogP contribution in [-0.2, 0) is 4.79 Å². The minimum Gasteiger partial charge on any atom is -0.477 e. The van der Waals surface area contributed by atoms with Crippen LogP contribution in [0, 0.1) is 0 Å². The molecule has 18 heteroatoms. The fourth-order valence-corrected chi connectivity index (χ4v) is 1.41. The lowest BCUT2D eigenvalue weighted by atomic mass is 9.91. The summed E-state index contributed by atoms with van der Waals surface area (Å²) in [7, 11) is 0. The van der Waals surface area contributed by atoms with Crippen LogP contribution in [0.3, 0.4) is 0 Å². The molecule has 0 aromatic carbocycles. The van der Waals surface area contributed by atoms with Crippen LogP contribution < -0.4 is 0 Å². The second-order valence-electron chi connectivity index (χ2n) is 5.27. The van der Waals surface area contributed by atoms with E-state index in [1.165, 1.54) is 0 Å². The van der Waals surface area contributed by atoms with Crippen molar-refractivity contribution in [2.75, 3.05) is 0 Å². The highest BCUT2D eigenvalue weighted by Crippen LogP contribution is 2.62. The molecule has 0 unspecified atom stereocenters. The molecule has 0 spiro atoms. The number of hydrogen-bond donors (Lipinski definition) is 1. The molecule has 0 atom stereocenters. The van der Waals surface area contributed by atoms with E-state index < -0.39 is 47.7 Å². The quantitative estimate of drug-likeness (QED) is 0.531. The molecular formula is C13H6F15NO2. The molecule has 180 valence electrons. The molecule has 1 aromatic heterocycles. The molecule has 0 saturated carbocycles. The molecule has 31 heavy (non-hydrogen) atoms. The lowest BCUT2D eigenvalue weighted by Gasteiger charge is -2.40. The molecule has 0 radical (unpaired) electrons. The number of carboxylic acids is 1. The van der Waals surface area contributed by atoms with Gasteiger partial charge in [-0.1, -0.05) is 6.07 Å². The Labute approximate surface area is 160 Å². The van der Waals surface area contributed by atoms with E-state index >= 15 is 0 Å². The summed E-state index contributed by atoms with van der Waals surface area (Å²) in [6.07, 6.45) is -4.19. The largest absolute Gasteiger partial charge is 0.477 e. The first kappa shape index (κ1) is 28.6. The van der Waals surface area contributed by atoms with Crippen molar-refractivity contribution in [3.05, 3.63) is 30.6 Å². The monoisotopic (exact) mass is 493 g/mol. The van der Waals surface area contributed by atoms with Crippen molar-refractivity contribution in [3.8, 4) is 0 Å². The Morgan fingerprint density at radius 1 is 0.548 bits per heavy atom. The Kier molecular flexibility index (Phi) is 7.60. The number of pyridine rings is 1. The van der Waals surface area contributed by atoms with Crippen LogP contribution in [0.25, 0.3) is 0 Å². The van der Waals surface area contributed by atoms with E-state index in [0.717, 1.165) is 0 Å². The average molecular weight is 493 g/mol. The van der Waals surface area contributed by atoms with Crippen molar-refractivity contribution in [2.24, 2.45) is 0 Å². The minimum absolute atomic E-state index is 1.75. The maximum atomic E-state index is 12.8. The highest BCUT2D eigenvalue weighted by Gasteiger charge is 2.94.